The molecule has 3 heterocycles. The second-order valence-electron chi connectivity index (χ2n) is 7.15. The number of carbonyl (C=O) groups excluding carboxylic acids is 1. The number of aromatic nitrogens is 3. The molecule has 1 aliphatic rings. The van der Waals surface area contributed by atoms with Gasteiger partial charge in [0.2, 0.25) is 0 Å². The average Bonchev–Trinajstić information content (AvgIpc) is 2.79. The molecule has 0 aliphatic carbocycles. The van der Waals surface area contributed by atoms with Crippen molar-refractivity contribution >= 4 is 29.0 Å². The molecule has 10 heteroatoms. The van der Waals surface area contributed by atoms with Gasteiger partial charge >= 0.3 is 0 Å². The molecular weight excluding hydrogens is 398 g/mol. The third-order valence-electron chi connectivity index (χ3n) is 4.99. The number of pyridine rings is 1. The highest BCUT2D eigenvalue weighted by Gasteiger charge is 2.24. The molecule has 0 unspecified atom stereocenters. The molecule has 0 spiro atoms. The first-order valence-corrected chi connectivity index (χ1v) is 9.83. The minimum absolute atomic E-state index is 0.0886. The van der Waals surface area contributed by atoms with Gasteiger partial charge in [0.05, 0.1) is 4.92 Å². The van der Waals surface area contributed by atoms with Crippen molar-refractivity contribution < 1.29 is 9.72 Å². The first kappa shape index (κ1) is 20.2. The minimum atomic E-state index is -0.499. The van der Waals surface area contributed by atoms with Gasteiger partial charge in [-0.2, -0.15) is 0 Å². The Morgan fingerprint density at radius 3 is 2.45 bits per heavy atom. The average molecular weight is 419 g/mol. The van der Waals surface area contributed by atoms with Crippen LogP contribution < -0.4 is 10.2 Å². The second kappa shape index (κ2) is 8.74. The normalized spacial score (nSPS) is 13.7. The lowest BCUT2D eigenvalue weighted by atomic mass is 10.1. The number of nitro benzene ring substituents is 1. The lowest BCUT2D eigenvalue weighted by Crippen LogP contribution is -2.49. The highest BCUT2D eigenvalue weighted by atomic mass is 16.6. The molecule has 0 radical (unpaired) electrons. The van der Waals surface area contributed by atoms with E-state index in [1.165, 1.54) is 18.2 Å². The fourth-order valence-corrected chi connectivity index (χ4v) is 3.38. The Kier molecular flexibility index (Phi) is 5.69. The molecular formula is C21H21N7O3. The summed E-state index contributed by atoms with van der Waals surface area (Å²) in [5, 5.41) is 22.6. The van der Waals surface area contributed by atoms with Crippen molar-refractivity contribution in [2.75, 3.05) is 36.4 Å². The maximum Gasteiger partial charge on any atom is 0.270 e. The van der Waals surface area contributed by atoms with Crippen molar-refractivity contribution in [2.24, 2.45) is 0 Å². The summed E-state index contributed by atoms with van der Waals surface area (Å²) in [5.74, 6) is 1.82. The fraction of sp³-hybridized carbons (Fsp3) is 0.238. The Balaban J connectivity index is 1.36. The predicted molar refractivity (Wildman–Crippen MR) is 116 cm³/mol. The van der Waals surface area contributed by atoms with Crippen molar-refractivity contribution in [3.05, 3.63) is 76.0 Å². The Morgan fingerprint density at radius 1 is 1.00 bits per heavy atom. The number of rotatable bonds is 5. The zero-order valence-corrected chi connectivity index (χ0v) is 16.9. The Bertz CT molecular complexity index is 1100. The van der Waals surface area contributed by atoms with E-state index < -0.39 is 4.92 Å². The molecule has 1 aliphatic heterocycles. The molecule has 1 fully saturated rings. The van der Waals surface area contributed by atoms with Crippen LogP contribution in [0.5, 0.6) is 0 Å². The van der Waals surface area contributed by atoms with E-state index in [-0.39, 0.29) is 11.6 Å². The third kappa shape index (κ3) is 4.74. The molecule has 10 nitrogen and oxygen atoms in total. The van der Waals surface area contributed by atoms with Gasteiger partial charge in [-0.15, -0.1) is 10.2 Å². The van der Waals surface area contributed by atoms with Crippen LogP contribution in [0.3, 0.4) is 0 Å². The fourth-order valence-electron chi connectivity index (χ4n) is 3.38. The van der Waals surface area contributed by atoms with E-state index in [4.69, 9.17) is 0 Å². The third-order valence-corrected chi connectivity index (χ3v) is 4.99. The van der Waals surface area contributed by atoms with Crippen molar-refractivity contribution in [1.29, 1.82) is 0 Å². The molecule has 1 aromatic carbocycles. The van der Waals surface area contributed by atoms with Crippen LogP contribution in [0.15, 0.2) is 54.6 Å². The summed E-state index contributed by atoms with van der Waals surface area (Å²) in [6, 6.07) is 15.2. The number of carbonyl (C=O) groups is 1. The van der Waals surface area contributed by atoms with Gasteiger partial charge in [-0.1, -0.05) is 12.1 Å². The molecule has 0 bridgehead atoms. The summed E-state index contributed by atoms with van der Waals surface area (Å²) < 4.78 is 0. The van der Waals surface area contributed by atoms with Crippen LogP contribution >= 0.6 is 0 Å². The molecule has 1 amide bonds. The smallest absolute Gasteiger partial charge is 0.270 e. The molecule has 3 aromatic rings. The van der Waals surface area contributed by atoms with Gasteiger partial charge in [0.25, 0.3) is 11.6 Å². The number of anilines is 3. The van der Waals surface area contributed by atoms with Crippen molar-refractivity contribution in [3.8, 4) is 0 Å². The van der Waals surface area contributed by atoms with Gasteiger partial charge in [0, 0.05) is 49.6 Å². The molecule has 1 saturated heterocycles. The monoisotopic (exact) mass is 419 g/mol. The first-order valence-electron chi connectivity index (χ1n) is 9.83. The maximum atomic E-state index is 12.7. The predicted octanol–water partition coefficient (Wildman–Crippen LogP) is 2.79. The Hall–Kier alpha value is -4.08. The number of non-ortho nitro benzene ring substituents is 1. The van der Waals surface area contributed by atoms with E-state index in [1.807, 2.05) is 37.3 Å². The van der Waals surface area contributed by atoms with Crippen LogP contribution in [0.1, 0.15) is 16.1 Å². The lowest BCUT2D eigenvalue weighted by Gasteiger charge is -2.35. The maximum absolute atomic E-state index is 12.7. The van der Waals surface area contributed by atoms with Crippen molar-refractivity contribution in [2.45, 2.75) is 6.92 Å². The van der Waals surface area contributed by atoms with Gasteiger partial charge in [0.1, 0.15) is 5.82 Å². The SMILES string of the molecule is Cc1cccc(Nc2ccc(N3CCN(C(=O)c4cccc([N+](=O)[O-])c4)CC3)nn2)n1. The van der Waals surface area contributed by atoms with Crippen LogP contribution in [-0.2, 0) is 0 Å². The summed E-state index contributed by atoms with van der Waals surface area (Å²) in [6.45, 7) is 4.11. The van der Waals surface area contributed by atoms with Gasteiger partial charge in [0.15, 0.2) is 11.6 Å². The standard InChI is InChI=1S/C21H21N7O3/c1-15-4-2-7-18(22-15)23-19-8-9-20(25-24-19)26-10-12-27(13-11-26)21(29)16-5-3-6-17(14-16)28(30)31/h2-9,14H,10-13H2,1H3,(H,22,23,24). The van der Waals surface area contributed by atoms with E-state index in [2.05, 4.69) is 25.4 Å². The number of benzene rings is 1. The van der Waals surface area contributed by atoms with Gasteiger partial charge in [-0.25, -0.2) is 4.98 Å². The quantitative estimate of drug-likeness (QED) is 0.496. The van der Waals surface area contributed by atoms with E-state index in [9.17, 15) is 14.9 Å². The number of nitro groups is 1. The molecule has 4 rings (SSSR count). The number of piperazine rings is 1. The van der Waals surface area contributed by atoms with E-state index in [0.29, 0.717) is 43.4 Å². The molecule has 31 heavy (non-hydrogen) atoms. The van der Waals surface area contributed by atoms with Crippen LogP contribution in [0.25, 0.3) is 0 Å². The zero-order chi connectivity index (χ0) is 21.8. The van der Waals surface area contributed by atoms with Gasteiger partial charge in [-0.05, 0) is 37.3 Å². The summed E-state index contributed by atoms with van der Waals surface area (Å²) in [5.41, 5.74) is 1.14. The molecule has 2 aromatic heterocycles. The minimum Gasteiger partial charge on any atom is -0.352 e. The number of hydrogen-bond donors (Lipinski definition) is 1. The summed E-state index contributed by atoms with van der Waals surface area (Å²) in [4.78, 5) is 31.3. The zero-order valence-electron chi connectivity index (χ0n) is 16.9. The Morgan fingerprint density at radius 2 is 1.77 bits per heavy atom. The van der Waals surface area contributed by atoms with Crippen molar-refractivity contribution in [1.82, 2.24) is 20.1 Å². The number of aryl methyl sites for hydroxylation is 1. The van der Waals surface area contributed by atoms with Crippen molar-refractivity contribution in [3.63, 3.8) is 0 Å². The highest BCUT2D eigenvalue weighted by molar-refractivity contribution is 5.95. The Labute approximate surface area is 178 Å². The lowest BCUT2D eigenvalue weighted by molar-refractivity contribution is -0.384. The summed E-state index contributed by atoms with van der Waals surface area (Å²) in [7, 11) is 0. The van der Waals surface area contributed by atoms with Crippen LogP contribution in [-0.4, -0.2) is 57.1 Å². The van der Waals surface area contributed by atoms with Crippen LogP contribution in [0.2, 0.25) is 0 Å². The number of nitrogens with zero attached hydrogens (tertiary/aromatic N) is 6. The largest absolute Gasteiger partial charge is 0.352 e. The highest BCUT2D eigenvalue weighted by Crippen LogP contribution is 2.19. The number of nitrogens with one attached hydrogen (secondary N) is 1. The van der Waals surface area contributed by atoms with E-state index >= 15 is 0 Å². The van der Waals surface area contributed by atoms with E-state index in [1.54, 1.807) is 11.0 Å². The van der Waals surface area contributed by atoms with Gasteiger partial charge in [-0.3, -0.25) is 14.9 Å². The van der Waals surface area contributed by atoms with Crippen LogP contribution in [0.4, 0.5) is 23.1 Å². The molecule has 0 saturated carbocycles. The topological polar surface area (TPSA) is 117 Å². The molecule has 1 N–H and O–H groups in total. The number of hydrogen-bond acceptors (Lipinski definition) is 8. The second-order valence-corrected chi connectivity index (χ2v) is 7.15. The van der Waals surface area contributed by atoms with E-state index in [0.717, 1.165) is 11.5 Å². The summed E-state index contributed by atoms with van der Waals surface area (Å²) in [6.07, 6.45) is 0. The van der Waals surface area contributed by atoms with Gasteiger partial charge < -0.3 is 15.1 Å². The first-order chi connectivity index (χ1) is 15.0. The number of amides is 1. The summed E-state index contributed by atoms with van der Waals surface area (Å²) >= 11 is 0. The van der Waals surface area contributed by atoms with Crippen LogP contribution in [0, 0.1) is 17.0 Å². The molecule has 158 valence electrons. The molecule has 0 atom stereocenters.